The maximum absolute atomic E-state index is 14.1. The first-order valence-electron chi connectivity index (χ1n) is 17.9. The first kappa shape index (κ1) is 33.7. The predicted molar refractivity (Wildman–Crippen MR) is 174 cm³/mol. The summed E-state index contributed by atoms with van der Waals surface area (Å²) in [6.07, 6.45) is 0.813. The first-order chi connectivity index (χ1) is 23.4. The second kappa shape index (κ2) is 11.3. The number of ether oxygens (including phenoxy) is 5. The van der Waals surface area contributed by atoms with Crippen LogP contribution in [0.25, 0.3) is 0 Å². The van der Waals surface area contributed by atoms with Crippen LogP contribution in [0.4, 0.5) is 5.69 Å². The largest absolute Gasteiger partial charge is 0.461 e. The van der Waals surface area contributed by atoms with E-state index < -0.39 is 46.1 Å². The van der Waals surface area contributed by atoms with Crippen molar-refractivity contribution in [2.45, 2.75) is 87.6 Å². The highest BCUT2D eigenvalue weighted by Gasteiger charge is 2.91. The van der Waals surface area contributed by atoms with Crippen LogP contribution in [0.5, 0.6) is 0 Å². The van der Waals surface area contributed by atoms with Gasteiger partial charge in [-0.15, -0.1) is 0 Å². The van der Waals surface area contributed by atoms with Crippen LogP contribution in [-0.2, 0) is 33.3 Å². The zero-order chi connectivity index (χ0) is 34.8. The number of hydrogen-bond acceptors (Lipinski definition) is 11. The van der Waals surface area contributed by atoms with Gasteiger partial charge in [-0.05, 0) is 43.9 Å². The van der Waals surface area contributed by atoms with Crippen LogP contribution in [0.15, 0.2) is 24.3 Å². The number of hydrogen-bond donors (Lipinski definition) is 2. The highest BCUT2D eigenvalue weighted by molar-refractivity contribution is 6.22. The number of rotatable bonds is 9. The number of likely N-dealkylation sites (N-methyl/N-ethyl adjacent to an activating group) is 1. The van der Waals surface area contributed by atoms with E-state index in [0.29, 0.717) is 25.9 Å². The molecule has 8 rings (SSSR count). The molecule has 2 aliphatic heterocycles. The van der Waals surface area contributed by atoms with E-state index in [1.165, 1.54) is 0 Å². The number of piperidine rings is 1. The molecule has 12 nitrogen and oxygen atoms in total. The monoisotopic (exact) mass is 682 g/mol. The fourth-order valence-corrected chi connectivity index (χ4v) is 13.2. The lowest BCUT2D eigenvalue weighted by molar-refractivity contribution is -0.320. The summed E-state index contributed by atoms with van der Waals surface area (Å²) < 4.78 is 31.4. The Hall–Kier alpha value is -2.45. The molecule has 7 aliphatic rings. The lowest BCUT2D eigenvalue weighted by Crippen LogP contribution is -2.82. The van der Waals surface area contributed by atoms with Gasteiger partial charge in [0.15, 0.2) is 0 Å². The number of carbonyl (C=O) groups excluding carboxylic acids is 3. The number of nitrogens with zero attached hydrogens (tertiary/aromatic N) is 2. The van der Waals surface area contributed by atoms with E-state index >= 15 is 0 Å². The zero-order valence-corrected chi connectivity index (χ0v) is 29.3. The summed E-state index contributed by atoms with van der Waals surface area (Å²) in [7, 11) is 6.70. The number of para-hydroxylation sites is 1. The third kappa shape index (κ3) is 3.86. The quantitative estimate of drug-likeness (QED) is 0.292. The molecule has 2 heterocycles. The second-order valence-electron chi connectivity index (χ2n) is 16.0. The van der Waals surface area contributed by atoms with Gasteiger partial charge in [-0.1, -0.05) is 26.0 Å². The summed E-state index contributed by atoms with van der Waals surface area (Å²) in [5.41, 5.74) is -4.17. The van der Waals surface area contributed by atoms with Crippen LogP contribution in [0.2, 0.25) is 0 Å². The topological polar surface area (TPSA) is 144 Å². The van der Waals surface area contributed by atoms with Crippen LogP contribution in [0.3, 0.4) is 0 Å². The Balaban J connectivity index is 1.23. The molecule has 1 aromatic carbocycles. The van der Waals surface area contributed by atoms with Crippen molar-refractivity contribution in [1.82, 2.24) is 4.90 Å². The molecule has 2 N–H and O–H groups in total. The highest BCUT2D eigenvalue weighted by atomic mass is 16.5. The average molecular weight is 683 g/mol. The summed E-state index contributed by atoms with van der Waals surface area (Å²) in [6.45, 7) is 4.95. The minimum atomic E-state index is -1.70. The zero-order valence-electron chi connectivity index (χ0n) is 29.3. The summed E-state index contributed by atoms with van der Waals surface area (Å²) in [6, 6.07) is 6.12. The number of methoxy groups -OCH3 is 4. The van der Waals surface area contributed by atoms with Gasteiger partial charge in [0.1, 0.15) is 11.2 Å². The van der Waals surface area contributed by atoms with Gasteiger partial charge in [-0.3, -0.25) is 14.5 Å². The van der Waals surface area contributed by atoms with Crippen LogP contribution in [-0.4, -0.2) is 123 Å². The number of imide groups is 1. The maximum atomic E-state index is 14.1. The Morgan fingerprint density at radius 3 is 2.43 bits per heavy atom. The van der Waals surface area contributed by atoms with E-state index in [1.54, 1.807) is 59.6 Å². The van der Waals surface area contributed by atoms with Gasteiger partial charge in [0.05, 0.1) is 48.3 Å². The first-order valence-corrected chi connectivity index (χ1v) is 17.9. The van der Waals surface area contributed by atoms with Crippen molar-refractivity contribution in [3.05, 3.63) is 29.8 Å². The number of benzene rings is 1. The van der Waals surface area contributed by atoms with Crippen molar-refractivity contribution in [3.8, 4) is 0 Å². The molecule has 7 fully saturated rings. The molecular formula is C37H50N2O10. The smallest absolute Gasteiger partial charge is 0.340 e. The summed E-state index contributed by atoms with van der Waals surface area (Å²) >= 11 is 0. The van der Waals surface area contributed by atoms with E-state index in [0.717, 1.165) is 11.3 Å². The number of esters is 1. The number of aliphatic hydroxyl groups is 2. The average Bonchev–Trinajstić information content (AvgIpc) is 3.63. The molecule has 14 atom stereocenters. The van der Waals surface area contributed by atoms with Crippen molar-refractivity contribution in [2.75, 3.05) is 53.0 Å². The molecule has 7 unspecified atom stereocenters. The lowest BCUT2D eigenvalue weighted by atomic mass is 9.42. The fourth-order valence-electron chi connectivity index (χ4n) is 13.2. The van der Waals surface area contributed by atoms with E-state index in [-0.39, 0.29) is 84.5 Å². The molecule has 2 saturated heterocycles. The molecule has 2 amide bonds. The number of amides is 2. The van der Waals surface area contributed by atoms with Crippen LogP contribution >= 0.6 is 0 Å². The van der Waals surface area contributed by atoms with Crippen molar-refractivity contribution in [2.24, 2.45) is 40.4 Å². The van der Waals surface area contributed by atoms with Crippen molar-refractivity contribution in [3.63, 3.8) is 0 Å². The van der Waals surface area contributed by atoms with E-state index in [2.05, 4.69) is 11.8 Å². The summed E-state index contributed by atoms with van der Waals surface area (Å²) in [5, 5.41) is 26.6. The molecule has 5 aliphatic carbocycles. The molecule has 1 aromatic rings. The van der Waals surface area contributed by atoms with E-state index in [4.69, 9.17) is 23.7 Å². The lowest BCUT2D eigenvalue weighted by Gasteiger charge is -2.70. The van der Waals surface area contributed by atoms with Gasteiger partial charge in [0.2, 0.25) is 11.8 Å². The number of anilines is 1. The van der Waals surface area contributed by atoms with Gasteiger partial charge in [-0.25, -0.2) is 9.69 Å². The maximum Gasteiger partial charge on any atom is 0.340 e. The number of carbonyl (C=O) groups is 3. The Labute approximate surface area is 287 Å². The molecule has 1 spiro atoms. The highest BCUT2D eigenvalue weighted by Crippen LogP contribution is 2.80. The van der Waals surface area contributed by atoms with Crippen LogP contribution in [0.1, 0.15) is 56.3 Å². The molecule has 5 saturated carbocycles. The Morgan fingerprint density at radius 1 is 1.04 bits per heavy atom. The Morgan fingerprint density at radius 2 is 1.80 bits per heavy atom. The molecule has 12 heteroatoms. The third-order valence-electron chi connectivity index (χ3n) is 14.5. The minimum Gasteiger partial charge on any atom is -0.461 e. The van der Waals surface area contributed by atoms with E-state index in [1.807, 2.05) is 0 Å². The van der Waals surface area contributed by atoms with Crippen molar-refractivity contribution >= 4 is 23.5 Å². The molecule has 49 heavy (non-hydrogen) atoms. The van der Waals surface area contributed by atoms with Crippen LogP contribution in [0, 0.1) is 40.4 Å². The molecule has 7 bridgehead atoms. The molecular weight excluding hydrogens is 632 g/mol. The molecule has 0 aromatic heterocycles. The Bertz CT molecular complexity index is 1560. The predicted octanol–water partition coefficient (Wildman–Crippen LogP) is 2.04. The Kier molecular flexibility index (Phi) is 7.75. The van der Waals surface area contributed by atoms with Gasteiger partial charge >= 0.3 is 5.97 Å². The molecule has 268 valence electrons. The second-order valence-corrected chi connectivity index (χ2v) is 16.0. The van der Waals surface area contributed by atoms with Crippen molar-refractivity contribution in [1.29, 1.82) is 0 Å². The SMILES string of the molecule is CCN1C[C@]2(COC(=O)c3ccccc3N3C(=O)CC(C)C3=O)CC[C@H](OC)[C@@]34C5C[C@H]6C(OC)C5[C@](O)(C[C@@H]6OC)[C@](O)(C(OC)C23)C14. The van der Waals surface area contributed by atoms with Gasteiger partial charge in [0, 0.05) is 82.3 Å². The van der Waals surface area contributed by atoms with Gasteiger partial charge in [0.25, 0.3) is 0 Å². The minimum absolute atomic E-state index is 0.0358. The number of fused-ring (bicyclic) bond motifs is 2. The standard InChI is InChI=1S/C37H50N2O10/c1-7-38-17-34(18-49-32(42)20-10-8-9-11-23(20)39-26(40)14-19(2)31(39)41)13-12-25(46-4)36-22-15-21-24(45-3)16-35(43,27(22)28(21)47-5)37(44,33(36)38)30(48-6)29(34)36/h8-11,19,21-22,24-25,27-30,33,43-44H,7,12-18H2,1-6H3/t19?,21-,22?,24+,25+,27?,28?,29?,30?,33?,34+,35-,36+,37+/m1/s1. The number of likely N-dealkylation sites (tertiary alicyclic amines) is 1. The normalized spacial score (nSPS) is 48.0. The van der Waals surface area contributed by atoms with Gasteiger partial charge in [-0.2, -0.15) is 0 Å². The summed E-state index contributed by atoms with van der Waals surface area (Å²) in [4.78, 5) is 43.3. The van der Waals surface area contributed by atoms with Crippen molar-refractivity contribution < 1.29 is 48.3 Å². The van der Waals surface area contributed by atoms with E-state index in [9.17, 15) is 24.6 Å². The molecule has 0 radical (unpaired) electrons. The summed E-state index contributed by atoms with van der Waals surface area (Å²) in [5.74, 6) is -2.47. The van der Waals surface area contributed by atoms with Gasteiger partial charge < -0.3 is 33.9 Å². The fraction of sp³-hybridized carbons (Fsp3) is 0.757. The third-order valence-corrected chi connectivity index (χ3v) is 14.5. The van der Waals surface area contributed by atoms with Crippen LogP contribution < -0.4 is 4.90 Å².